The molecule has 0 bridgehead atoms. The Morgan fingerprint density at radius 3 is 3.18 bits per heavy atom. The largest absolute Gasteiger partial charge is 0.356 e. The van der Waals surface area contributed by atoms with Crippen LogP contribution in [0.2, 0.25) is 0 Å². The molecule has 0 radical (unpaired) electrons. The van der Waals surface area contributed by atoms with Gasteiger partial charge in [0.25, 0.3) is 0 Å². The summed E-state index contributed by atoms with van der Waals surface area (Å²) >= 11 is 3.23. The van der Waals surface area contributed by atoms with Crippen LogP contribution in [0, 0.1) is 0 Å². The van der Waals surface area contributed by atoms with E-state index in [4.69, 9.17) is 4.74 Å². The SMILES string of the molecule is Brc1cn(C2CCCO2)nn1. The van der Waals surface area contributed by atoms with Crippen LogP contribution in [0.3, 0.4) is 0 Å². The summed E-state index contributed by atoms with van der Waals surface area (Å²) in [5, 5.41) is 7.70. The first-order chi connectivity index (χ1) is 5.36. The first kappa shape index (κ1) is 7.24. The summed E-state index contributed by atoms with van der Waals surface area (Å²) in [5.41, 5.74) is 0. The van der Waals surface area contributed by atoms with Gasteiger partial charge in [0.15, 0.2) is 6.23 Å². The van der Waals surface area contributed by atoms with Crippen LogP contribution in [0.1, 0.15) is 19.1 Å². The van der Waals surface area contributed by atoms with Gasteiger partial charge in [0.2, 0.25) is 0 Å². The van der Waals surface area contributed by atoms with Gasteiger partial charge in [-0.05, 0) is 28.8 Å². The van der Waals surface area contributed by atoms with Crippen molar-refractivity contribution in [1.29, 1.82) is 0 Å². The summed E-state index contributed by atoms with van der Waals surface area (Å²) < 4.78 is 7.90. The molecule has 1 fully saturated rings. The van der Waals surface area contributed by atoms with E-state index in [0.29, 0.717) is 0 Å². The molecule has 0 amide bonds. The number of halogens is 1. The Morgan fingerprint density at radius 1 is 1.73 bits per heavy atom. The van der Waals surface area contributed by atoms with Gasteiger partial charge in [-0.2, -0.15) is 0 Å². The van der Waals surface area contributed by atoms with Gasteiger partial charge in [-0.25, -0.2) is 4.68 Å². The zero-order chi connectivity index (χ0) is 7.68. The van der Waals surface area contributed by atoms with Gasteiger partial charge in [-0.3, -0.25) is 0 Å². The lowest BCUT2D eigenvalue weighted by Gasteiger charge is -2.06. The fraction of sp³-hybridized carbons (Fsp3) is 0.667. The second-order valence-electron chi connectivity index (χ2n) is 2.49. The van der Waals surface area contributed by atoms with Crippen molar-refractivity contribution in [2.24, 2.45) is 0 Å². The highest BCUT2D eigenvalue weighted by molar-refractivity contribution is 9.10. The second kappa shape index (κ2) is 2.91. The average molecular weight is 218 g/mol. The second-order valence-corrected chi connectivity index (χ2v) is 3.30. The molecule has 1 aliphatic heterocycles. The van der Waals surface area contributed by atoms with Crippen molar-refractivity contribution in [3.63, 3.8) is 0 Å². The Balaban J connectivity index is 2.15. The normalized spacial score (nSPS) is 24.3. The number of nitrogens with zero attached hydrogens (tertiary/aromatic N) is 3. The van der Waals surface area contributed by atoms with E-state index < -0.39 is 0 Å². The number of aromatic nitrogens is 3. The van der Waals surface area contributed by atoms with E-state index >= 15 is 0 Å². The van der Waals surface area contributed by atoms with Gasteiger partial charge in [0.05, 0.1) is 6.20 Å². The third kappa shape index (κ3) is 1.44. The van der Waals surface area contributed by atoms with Crippen molar-refractivity contribution >= 4 is 15.9 Å². The maximum absolute atomic E-state index is 5.39. The Hall–Kier alpha value is -0.420. The monoisotopic (exact) mass is 217 g/mol. The molecule has 2 rings (SSSR count). The predicted octanol–water partition coefficient (Wildman–Crippen LogP) is 1.35. The van der Waals surface area contributed by atoms with Crippen LogP contribution < -0.4 is 0 Å². The quantitative estimate of drug-likeness (QED) is 0.714. The molecule has 0 spiro atoms. The third-order valence-corrected chi connectivity index (χ3v) is 2.05. The standard InChI is InChI=1S/C6H8BrN3O/c7-5-4-10(9-8-5)6-2-1-3-11-6/h4,6H,1-3H2. The first-order valence-corrected chi connectivity index (χ1v) is 4.34. The van der Waals surface area contributed by atoms with Crippen molar-refractivity contribution in [2.75, 3.05) is 6.61 Å². The Bertz CT molecular complexity index is 244. The summed E-state index contributed by atoms with van der Waals surface area (Å²) in [4.78, 5) is 0. The van der Waals surface area contributed by atoms with Crippen molar-refractivity contribution in [3.05, 3.63) is 10.8 Å². The van der Waals surface area contributed by atoms with Crippen LogP contribution in [0.25, 0.3) is 0 Å². The van der Waals surface area contributed by atoms with Crippen molar-refractivity contribution in [1.82, 2.24) is 15.0 Å². The number of hydrogen-bond donors (Lipinski definition) is 0. The highest BCUT2D eigenvalue weighted by Crippen LogP contribution is 2.22. The van der Waals surface area contributed by atoms with E-state index in [1.165, 1.54) is 0 Å². The predicted molar refractivity (Wildman–Crippen MR) is 41.9 cm³/mol. The van der Waals surface area contributed by atoms with Gasteiger partial charge in [0, 0.05) is 6.61 Å². The molecule has 0 saturated carbocycles. The van der Waals surface area contributed by atoms with Gasteiger partial charge < -0.3 is 4.74 Å². The van der Waals surface area contributed by atoms with Crippen LogP contribution in [0.15, 0.2) is 10.8 Å². The minimum Gasteiger partial charge on any atom is -0.356 e. The molecule has 11 heavy (non-hydrogen) atoms. The topological polar surface area (TPSA) is 39.9 Å². The first-order valence-electron chi connectivity index (χ1n) is 3.55. The van der Waals surface area contributed by atoms with Crippen LogP contribution in [-0.2, 0) is 4.74 Å². The van der Waals surface area contributed by atoms with Crippen molar-refractivity contribution in [3.8, 4) is 0 Å². The molecule has 0 aromatic carbocycles. The Labute approximate surface area is 72.7 Å². The lowest BCUT2D eigenvalue weighted by molar-refractivity contribution is 0.0453. The summed E-state index contributed by atoms with van der Waals surface area (Å²) in [6.07, 6.45) is 4.09. The highest BCUT2D eigenvalue weighted by atomic mass is 79.9. The van der Waals surface area contributed by atoms with Gasteiger partial charge in [-0.15, -0.1) is 5.10 Å². The molecule has 1 saturated heterocycles. The molecule has 1 aromatic heterocycles. The molecular formula is C6H8BrN3O. The molecule has 1 atom stereocenters. The smallest absolute Gasteiger partial charge is 0.152 e. The van der Waals surface area contributed by atoms with E-state index in [1.807, 2.05) is 6.20 Å². The number of rotatable bonds is 1. The molecule has 1 aromatic rings. The van der Waals surface area contributed by atoms with E-state index in [0.717, 1.165) is 24.1 Å². The zero-order valence-corrected chi connectivity index (χ0v) is 7.49. The van der Waals surface area contributed by atoms with Gasteiger partial charge in [0.1, 0.15) is 4.60 Å². The van der Waals surface area contributed by atoms with Crippen LogP contribution in [0.5, 0.6) is 0 Å². The number of hydrogen-bond acceptors (Lipinski definition) is 3. The summed E-state index contributed by atoms with van der Waals surface area (Å²) in [5.74, 6) is 0. The molecule has 1 unspecified atom stereocenters. The van der Waals surface area contributed by atoms with E-state index in [9.17, 15) is 0 Å². The van der Waals surface area contributed by atoms with E-state index in [2.05, 4.69) is 26.2 Å². The molecule has 2 heterocycles. The Morgan fingerprint density at radius 2 is 2.64 bits per heavy atom. The average Bonchev–Trinajstić information content (AvgIpc) is 2.55. The molecular weight excluding hydrogens is 210 g/mol. The minimum atomic E-state index is 0.105. The fourth-order valence-corrected chi connectivity index (χ4v) is 1.45. The number of ether oxygens (including phenoxy) is 1. The lowest BCUT2D eigenvalue weighted by atomic mass is 10.3. The molecule has 4 nitrogen and oxygen atoms in total. The minimum absolute atomic E-state index is 0.105. The Kier molecular flexibility index (Phi) is 1.91. The van der Waals surface area contributed by atoms with Gasteiger partial charge >= 0.3 is 0 Å². The summed E-state index contributed by atoms with van der Waals surface area (Å²) in [6, 6.07) is 0. The van der Waals surface area contributed by atoms with Crippen molar-refractivity contribution < 1.29 is 4.74 Å². The summed E-state index contributed by atoms with van der Waals surface area (Å²) in [7, 11) is 0. The molecule has 1 aliphatic rings. The highest BCUT2D eigenvalue weighted by Gasteiger charge is 2.17. The van der Waals surface area contributed by atoms with E-state index in [-0.39, 0.29) is 6.23 Å². The summed E-state index contributed by atoms with van der Waals surface area (Å²) in [6.45, 7) is 0.835. The van der Waals surface area contributed by atoms with E-state index in [1.54, 1.807) is 4.68 Å². The van der Waals surface area contributed by atoms with Crippen molar-refractivity contribution in [2.45, 2.75) is 19.1 Å². The zero-order valence-electron chi connectivity index (χ0n) is 5.90. The molecule has 60 valence electrons. The maximum atomic E-state index is 5.39. The molecule has 0 aliphatic carbocycles. The van der Waals surface area contributed by atoms with Crippen LogP contribution in [-0.4, -0.2) is 21.6 Å². The fourth-order valence-electron chi connectivity index (χ4n) is 1.17. The maximum Gasteiger partial charge on any atom is 0.152 e. The molecule has 5 heteroatoms. The van der Waals surface area contributed by atoms with Crippen LogP contribution in [0.4, 0.5) is 0 Å². The van der Waals surface area contributed by atoms with Gasteiger partial charge in [-0.1, -0.05) is 5.21 Å². The molecule has 0 N–H and O–H groups in total. The van der Waals surface area contributed by atoms with Crippen LogP contribution >= 0.6 is 15.9 Å². The lowest BCUT2D eigenvalue weighted by Crippen LogP contribution is -2.07. The third-order valence-electron chi connectivity index (χ3n) is 1.68.